The van der Waals surface area contributed by atoms with Gasteiger partial charge in [0.2, 0.25) is 0 Å². The molecule has 2 unspecified atom stereocenters. The molecule has 2 aliphatic rings. The molecule has 0 bridgehead atoms. The van der Waals surface area contributed by atoms with Crippen LogP contribution in [0.15, 0.2) is 0 Å². The SMILES string of the molecule is NCC1CCCCCC1N1CCCOCC1. The van der Waals surface area contributed by atoms with Crippen molar-refractivity contribution in [3.8, 4) is 0 Å². The van der Waals surface area contributed by atoms with Crippen LogP contribution in [0, 0.1) is 5.92 Å². The molecule has 2 atom stereocenters. The Bertz CT molecular complexity index is 190. The molecule has 1 saturated carbocycles. The van der Waals surface area contributed by atoms with E-state index in [1.165, 1.54) is 45.1 Å². The first kappa shape index (κ1) is 12.3. The van der Waals surface area contributed by atoms with E-state index in [9.17, 15) is 0 Å². The highest BCUT2D eigenvalue weighted by molar-refractivity contribution is 4.83. The van der Waals surface area contributed by atoms with Crippen LogP contribution in [0.4, 0.5) is 0 Å². The molecule has 1 aliphatic heterocycles. The van der Waals surface area contributed by atoms with E-state index in [1.807, 2.05) is 0 Å². The van der Waals surface area contributed by atoms with Crippen LogP contribution >= 0.6 is 0 Å². The fourth-order valence-electron chi connectivity index (χ4n) is 3.22. The molecule has 1 aliphatic carbocycles. The molecule has 0 aromatic carbocycles. The van der Waals surface area contributed by atoms with E-state index in [0.29, 0.717) is 0 Å². The van der Waals surface area contributed by atoms with Gasteiger partial charge in [-0.1, -0.05) is 19.3 Å². The van der Waals surface area contributed by atoms with Crippen LogP contribution in [-0.4, -0.2) is 43.8 Å². The van der Waals surface area contributed by atoms with Crippen molar-refractivity contribution in [1.29, 1.82) is 0 Å². The van der Waals surface area contributed by atoms with Crippen LogP contribution in [-0.2, 0) is 4.74 Å². The van der Waals surface area contributed by atoms with Gasteiger partial charge in [-0.25, -0.2) is 0 Å². The number of ether oxygens (including phenoxy) is 1. The summed E-state index contributed by atoms with van der Waals surface area (Å²) in [7, 11) is 0. The minimum absolute atomic E-state index is 0.723. The van der Waals surface area contributed by atoms with Crippen LogP contribution in [0.2, 0.25) is 0 Å². The molecule has 16 heavy (non-hydrogen) atoms. The van der Waals surface area contributed by atoms with Crippen molar-refractivity contribution in [2.24, 2.45) is 11.7 Å². The van der Waals surface area contributed by atoms with Crippen molar-refractivity contribution in [3.05, 3.63) is 0 Å². The molecule has 1 heterocycles. The predicted octanol–water partition coefficient (Wildman–Crippen LogP) is 1.62. The van der Waals surface area contributed by atoms with Gasteiger partial charge in [0.25, 0.3) is 0 Å². The van der Waals surface area contributed by atoms with Gasteiger partial charge >= 0.3 is 0 Å². The molecule has 0 radical (unpaired) electrons. The van der Waals surface area contributed by atoms with Gasteiger partial charge in [-0.2, -0.15) is 0 Å². The number of nitrogens with two attached hydrogens (primary N) is 1. The van der Waals surface area contributed by atoms with Crippen LogP contribution < -0.4 is 5.73 Å². The quantitative estimate of drug-likeness (QED) is 0.727. The lowest BCUT2D eigenvalue weighted by molar-refractivity contribution is 0.111. The summed E-state index contributed by atoms with van der Waals surface area (Å²) in [5.41, 5.74) is 5.95. The summed E-state index contributed by atoms with van der Waals surface area (Å²) in [6, 6.07) is 0.731. The largest absolute Gasteiger partial charge is 0.380 e. The maximum absolute atomic E-state index is 5.95. The van der Waals surface area contributed by atoms with Gasteiger partial charge in [0.15, 0.2) is 0 Å². The zero-order chi connectivity index (χ0) is 11.2. The molecule has 2 N–H and O–H groups in total. The Balaban J connectivity index is 1.96. The van der Waals surface area contributed by atoms with E-state index in [2.05, 4.69) is 4.90 Å². The summed E-state index contributed by atoms with van der Waals surface area (Å²) in [5.74, 6) is 0.723. The molecular formula is C13H26N2O. The van der Waals surface area contributed by atoms with E-state index < -0.39 is 0 Å². The van der Waals surface area contributed by atoms with E-state index in [1.54, 1.807) is 0 Å². The fourth-order valence-corrected chi connectivity index (χ4v) is 3.22. The molecule has 3 nitrogen and oxygen atoms in total. The smallest absolute Gasteiger partial charge is 0.0593 e. The fraction of sp³-hybridized carbons (Fsp3) is 1.00. The van der Waals surface area contributed by atoms with Crippen molar-refractivity contribution < 1.29 is 4.74 Å². The van der Waals surface area contributed by atoms with Crippen molar-refractivity contribution in [1.82, 2.24) is 4.90 Å². The highest BCUT2D eigenvalue weighted by Crippen LogP contribution is 2.27. The summed E-state index contributed by atoms with van der Waals surface area (Å²) >= 11 is 0. The Kier molecular flexibility index (Phi) is 5.07. The van der Waals surface area contributed by atoms with Crippen LogP contribution in [0.3, 0.4) is 0 Å². The maximum atomic E-state index is 5.95. The highest BCUT2D eigenvalue weighted by Gasteiger charge is 2.28. The average Bonchev–Trinajstić information content (AvgIpc) is 2.70. The molecule has 0 aromatic heterocycles. The van der Waals surface area contributed by atoms with Crippen molar-refractivity contribution >= 4 is 0 Å². The van der Waals surface area contributed by atoms with Gasteiger partial charge in [-0.15, -0.1) is 0 Å². The minimum atomic E-state index is 0.723. The summed E-state index contributed by atoms with van der Waals surface area (Å²) in [5, 5.41) is 0. The van der Waals surface area contributed by atoms with E-state index in [4.69, 9.17) is 10.5 Å². The molecular weight excluding hydrogens is 200 g/mol. The molecule has 1 saturated heterocycles. The van der Waals surface area contributed by atoms with E-state index >= 15 is 0 Å². The maximum Gasteiger partial charge on any atom is 0.0593 e. The van der Waals surface area contributed by atoms with Crippen molar-refractivity contribution in [2.45, 2.75) is 44.6 Å². The summed E-state index contributed by atoms with van der Waals surface area (Å²) < 4.78 is 5.54. The van der Waals surface area contributed by atoms with Gasteiger partial charge in [-0.3, -0.25) is 4.90 Å². The van der Waals surface area contributed by atoms with Crippen LogP contribution in [0.1, 0.15) is 38.5 Å². The third kappa shape index (κ3) is 3.19. The van der Waals surface area contributed by atoms with Gasteiger partial charge < -0.3 is 10.5 Å². The minimum Gasteiger partial charge on any atom is -0.380 e. The standard InChI is InChI=1S/C13H26N2O/c14-11-12-5-2-1-3-6-13(12)15-7-4-9-16-10-8-15/h12-13H,1-11,14H2. The number of rotatable bonds is 2. The first-order valence-corrected chi connectivity index (χ1v) is 6.93. The second-order valence-electron chi connectivity index (χ2n) is 5.20. The Morgan fingerprint density at radius 2 is 1.88 bits per heavy atom. The third-order valence-electron chi connectivity index (χ3n) is 4.15. The summed E-state index contributed by atoms with van der Waals surface area (Å²) in [6.07, 6.45) is 8.03. The zero-order valence-corrected chi connectivity index (χ0v) is 10.4. The van der Waals surface area contributed by atoms with E-state index in [0.717, 1.165) is 38.3 Å². The first-order chi connectivity index (χ1) is 7.92. The summed E-state index contributed by atoms with van der Waals surface area (Å²) in [6.45, 7) is 5.04. The lowest BCUT2D eigenvalue weighted by Crippen LogP contribution is -2.44. The van der Waals surface area contributed by atoms with Gasteiger partial charge in [0.1, 0.15) is 0 Å². The Morgan fingerprint density at radius 1 is 1.00 bits per heavy atom. The highest BCUT2D eigenvalue weighted by atomic mass is 16.5. The topological polar surface area (TPSA) is 38.5 Å². The second-order valence-corrected chi connectivity index (χ2v) is 5.20. The molecule has 0 spiro atoms. The average molecular weight is 226 g/mol. The lowest BCUT2D eigenvalue weighted by Gasteiger charge is -2.34. The summed E-state index contributed by atoms with van der Waals surface area (Å²) in [4.78, 5) is 2.65. The van der Waals surface area contributed by atoms with Gasteiger partial charge in [0.05, 0.1) is 6.61 Å². The van der Waals surface area contributed by atoms with Crippen LogP contribution in [0.25, 0.3) is 0 Å². The Morgan fingerprint density at radius 3 is 2.75 bits per heavy atom. The second kappa shape index (κ2) is 6.58. The van der Waals surface area contributed by atoms with Gasteiger partial charge in [0, 0.05) is 25.7 Å². The molecule has 0 aromatic rings. The molecule has 3 heteroatoms. The molecule has 2 fully saturated rings. The van der Waals surface area contributed by atoms with Gasteiger partial charge in [-0.05, 0) is 31.7 Å². The van der Waals surface area contributed by atoms with E-state index in [-0.39, 0.29) is 0 Å². The predicted molar refractivity (Wildman–Crippen MR) is 66.4 cm³/mol. The first-order valence-electron chi connectivity index (χ1n) is 6.93. The number of hydrogen-bond donors (Lipinski definition) is 1. The molecule has 0 amide bonds. The van der Waals surface area contributed by atoms with Crippen molar-refractivity contribution in [3.63, 3.8) is 0 Å². The monoisotopic (exact) mass is 226 g/mol. The Hall–Kier alpha value is -0.120. The Labute approximate surface area is 99.3 Å². The number of hydrogen-bond acceptors (Lipinski definition) is 3. The molecule has 94 valence electrons. The van der Waals surface area contributed by atoms with Crippen LogP contribution in [0.5, 0.6) is 0 Å². The third-order valence-corrected chi connectivity index (χ3v) is 4.15. The zero-order valence-electron chi connectivity index (χ0n) is 10.4. The molecule has 2 rings (SSSR count). The normalized spacial score (nSPS) is 34.3. The number of nitrogens with zero attached hydrogens (tertiary/aromatic N) is 1. The van der Waals surface area contributed by atoms with Crippen molar-refractivity contribution in [2.75, 3.05) is 32.8 Å². The lowest BCUT2D eigenvalue weighted by atomic mass is 9.93.